The summed E-state index contributed by atoms with van der Waals surface area (Å²) in [6.07, 6.45) is 2.92. The van der Waals surface area contributed by atoms with Gasteiger partial charge in [-0.3, -0.25) is 4.90 Å². The van der Waals surface area contributed by atoms with Crippen molar-refractivity contribution in [1.82, 2.24) is 9.47 Å². The number of halogens is 2. The van der Waals surface area contributed by atoms with Crippen molar-refractivity contribution in [1.29, 1.82) is 0 Å². The van der Waals surface area contributed by atoms with Crippen molar-refractivity contribution in [2.75, 3.05) is 13.7 Å². The van der Waals surface area contributed by atoms with E-state index in [0.717, 1.165) is 30.8 Å². The number of aryl methyl sites for hydroxylation is 1. The highest BCUT2D eigenvalue weighted by atomic mass is 19.2. The lowest BCUT2D eigenvalue weighted by Crippen LogP contribution is -2.29. The Bertz CT molecular complexity index is 986. The molecule has 0 saturated heterocycles. The maximum Gasteiger partial charge on any atom is 0.162 e. The standard InChI is InChI=1S/C22H22F2N2O2/c1-28-20-7-2-5-16(22(20)27)14-26-12-4-11-25-10-3-6-19(25)21(26)15-8-9-17(23)18(24)13-15/h2-3,5-10,13,21,27H,4,11-12,14H2,1H3. The second kappa shape index (κ2) is 7.64. The predicted molar refractivity (Wildman–Crippen MR) is 102 cm³/mol. The number of para-hydroxylation sites is 1. The van der Waals surface area contributed by atoms with Gasteiger partial charge in [-0.15, -0.1) is 0 Å². The largest absolute Gasteiger partial charge is 0.504 e. The summed E-state index contributed by atoms with van der Waals surface area (Å²) in [7, 11) is 1.52. The van der Waals surface area contributed by atoms with Crippen LogP contribution in [0.25, 0.3) is 0 Å². The van der Waals surface area contributed by atoms with Crippen LogP contribution in [0, 0.1) is 11.6 Å². The van der Waals surface area contributed by atoms with E-state index in [1.54, 1.807) is 12.1 Å². The minimum Gasteiger partial charge on any atom is -0.504 e. The van der Waals surface area contributed by atoms with Crippen LogP contribution in [0.2, 0.25) is 0 Å². The Labute approximate surface area is 162 Å². The van der Waals surface area contributed by atoms with E-state index < -0.39 is 11.6 Å². The van der Waals surface area contributed by atoms with Gasteiger partial charge in [-0.25, -0.2) is 8.78 Å². The van der Waals surface area contributed by atoms with Gasteiger partial charge in [0.1, 0.15) is 0 Å². The van der Waals surface area contributed by atoms with E-state index in [4.69, 9.17) is 4.74 Å². The first-order chi connectivity index (χ1) is 13.6. The normalized spacial score (nSPS) is 17.2. The Morgan fingerprint density at radius 1 is 1.07 bits per heavy atom. The van der Waals surface area contributed by atoms with Gasteiger partial charge < -0.3 is 14.4 Å². The van der Waals surface area contributed by atoms with Crippen LogP contribution >= 0.6 is 0 Å². The fourth-order valence-corrected chi connectivity index (χ4v) is 3.95. The molecule has 2 aromatic carbocycles. The molecule has 1 unspecified atom stereocenters. The maximum absolute atomic E-state index is 14.0. The number of rotatable bonds is 4. The van der Waals surface area contributed by atoms with E-state index in [0.29, 0.717) is 17.9 Å². The molecule has 1 atom stereocenters. The minimum atomic E-state index is -0.857. The van der Waals surface area contributed by atoms with Crippen LogP contribution in [0.5, 0.6) is 11.5 Å². The van der Waals surface area contributed by atoms with Crippen LogP contribution in [0.3, 0.4) is 0 Å². The zero-order valence-corrected chi connectivity index (χ0v) is 15.6. The zero-order chi connectivity index (χ0) is 19.7. The highest BCUT2D eigenvalue weighted by Gasteiger charge is 2.29. The number of hydrogen-bond acceptors (Lipinski definition) is 3. The van der Waals surface area contributed by atoms with Gasteiger partial charge in [-0.1, -0.05) is 18.2 Å². The van der Waals surface area contributed by atoms with Crippen molar-refractivity contribution < 1.29 is 18.6 Å². The highest BCUT2D eigenvalue weighted by molar-refractivity contribution is 5.45. The molecule has 0 radical (unpaired) electrons. The Balaban J connectivity index is 1.77. The lowest BCUT2D eigenvalue weighted by molar-refractivity contribution is 0.216. The van der Waals surface area contributed by atoms with Crippen molar-refractivity contribution in [2.24, 2.45) is 0 Å². The molecule has 1 aliphatic rings. The Morgan fingerprint density at radius 2 is 1.93 bits per heavy atom. The molecule has 0 saturated carbocycles. The fraction of sp³-hybridized carbons (Fsp3) is 0.273. The maximum atomic E-state index is 14.0. The SMILES string of the molecule is COc1cccc(CN2CCCn3cccc3C2c2ccc(F)c(F)c2)c1O. The third kappa shape index (κ3) is 3.36. The van der Waals surface area contributed by atoms with Crippen LogP contribution in [-0.2, 0) is 13.1 Å². The molecule has 6 heteroatoms. The van der Waals surface area contributed by atoms with E-state index in [1.165, 1.54) is 19.2 Å². The number of fused-ring (bicyclic) bond motifs is 1. The first-order valence-electron chi connectivity index (χ1n) is 9.27. The number of ether oxygens (including phenoxy) is 1. The number of methoxy groups -OCH3 is 1. The molecule has 146 valence electrons. The van der Waals surface area contributed by atoms with E-state index in [-0.39, 0.29) is 11.8 Å². The molecule has 4 rings (SSSR count). The van der Waals surface area contributed by atoms with Crippen molar-refractivity contribution in [3.63, 3.8) is 0 Å². The van der Waals surface area contributed by atoms with Gasteiger partial charge in [0.2, 0.25) is 0 Å². The van der Waals surface area contributed by atoms with E-state index in [1.807, 2.05) is 30.5 Å². The Hall–Kier alpha value is -2.86. The molecule has 0 spiro atoms. The molecule has 0 aliphatic carbocycles. The summed E-state index contributed by atoms with van der Waals surface area (Å²) in [6, 6.07) is 13.2. The van der Waals surface area contributed by atoms with Crippen molar-refractivity contribution in [3.8, 4) is 11.5 Å². The molecule has 1 aliphatic heterocycles. The lowest BCUT2D eigenvalue weighted by atomic mass is 10.0. The number of aromatic hydroxyl groups is 1. The zero-order valence-electron chi connectivity index (χ0n) is 15.6. The van der Waals surface area contributed by atoms with Crippen LogP contribution in [0.1, 0.15) is 29.3 Å². The number of phenols is 1. The molecule has 2 heterocycles. The van der Waals surface area contributed by atoms with E-state index in [9.17, 15) is 13.9 Å². The van der Waals surface area contributed by atoms with E-state index >= 15 is 0 Å². The monoisotopic (exact) mass is 384 g/mol. The lowest BCUT2D eigenvalue weighted by Gasteiger charge is -2.31. The quantitative estimate of drug-likeness (QED) is 0.721. The van der Waals surface area contributed by atoms with Crippen LogP contribution < -0.4 is 4.74 Å². The topological polar surface area (TPSA) is 37.6 Å². The van der Waals surface area contributed by atoms with Crippen molar-refractivity contribution in [2.45, 2.75) is 25.6 Å². The van der Waals surface area contributed by atoms with Crippen LogP contribution in [-0.4, -0.2) is 28.2 Å². The summed E-state index contributed by atoms with van der Waals surface area (Å²) in [5.41, 5.74) is 2.43. The van der Waals surface area contributed by atoms with Gasteiger partial charge in [-0.05, 0) is 42.3 Å². The van der Waals surface area contributed by atoms with Gasteiger partial charge in [0, 0.05) is 37.1 Å². The summed E-state index contributed by atoms with van der Waals surface area (Å²) in [4.78, 5) is 2.18. The molecular formula is C22H22F2N2O2. The molecule has 28 heavy (non-hydrogen) atoms. The smallest absolute Gasteiger partial charge is 0.162 e. The number of aromatic nitrogens is 1. The average molecular weight is 384 g/mol. The molecule has 0 amide bonds. The minimum absolute atomic E-state index is 0.105. The molecular weight excluding hydrogens is 362 g/mol. The van der Waals surface area contributed by atoms with Gasteiger partial charge >= 0.3 is 0 Å². The van der Waals surface area contributed by atoms with Gasteiger partial charge in [0.15, 0.2) is 23.1 Å². The number of hydrogen-bond donors (Lipinski definition) is 1. The summed E-state index contributed by atoms with van der Waals surface area (Å²) in [6.45, 7) is 2.06. The number of nitrogens with zero attached hydrogens (tertiary/aromatic N) is 2. The molecule has 0 fully saturated rings. The van der Waals surface area contributed by atoms with Gasteiger partial charge in [0.05, 0.1) is 13.2 Å². The Kier molecular flexibility index (Phi) is 5.05. The molecule has 0 bridgehead atoms. The van der Waals surface area contributed by atoms with Crippen LogP contribution in [0.4, 0.5) is 8.78 Å². The predicted octanol–water partition coefficient (Wildman–Crippen LogP) is 4.48. The third-order valence-corrected chi connectivity index (χ3v) is 5.29. The molecule has 3 aromatic rings. The van der Waals surface area contributed by atoms with Gasteiger partial charge in [-0.2, -0.15) is 0 Å². The van der Waals surface area contributed by atoms with Crippen molar-refractivity contribution in [3.05, 3.63) is 83.2 Å². The summed E-state index contributed by atoms with van der Waals surface area (Å²) >= 11 is 0. The number of benzene rings is 2. The molecule has 1 N–H and O–H groups in total. The van der Waals surface area contributed by atoms with E-state index in [2.05, 4.69) is 9.47 Å². The van der Waals surface area contributed by atoms with Crippen molar-refractivity contribution >= 4 is 0 Å². The number of phenolic OH excluding ortho intramolecular Hbond substituents is 1. The van der Waals surface area contributed by atoms with Gasteiger partial charge in [0.25, 0.3) is 0 Å². The first kappa shape index (κ1) is 18.5. The Morgan fingerprint density at radius 3 is 2.71 bits per heavy atom. The second-order valence-electron chi connectivity index (χ2n) is 6.99. The average Bonchev–Trinajstić information content (AvgIpc) is 3.07. The summed E-state index contributed by atoms with van der Waals surface area (Å²) in [5, 5.41) is 10.5. The van der Waals surface area contributed by atoms with Crippen LogP contribution in [0.15, 0.2) is 54.7 Å². The molecule has 4 nitrogen and oxygen atoms in total. The third-order valence-electron chi connectivity index (χ3n) is 5.29. The second-order valence-corrected chi connectivity index (χ2v) is 6.99. The first-order valence-corrected chi connectivity index (χ1v) is 9.27. The molecule has 1 aromatic heterocycles. The highest BCUT2D eigenvalue weighted by Crippen LogP contribution is 2.36. The fourth-order valence-electron chi connectivity index (χ4n) is 3.95. The summed E-state index contributed by atoms with van der Waals surface area (Å²) in [5.74, 6) is -1.19. The summed E-state index contributed by atoms with van der Waals surface area (Å²) < 4.78 is 34.9.